The Balaban J connectivity index is 2.54. The molecule has 0 amide bonds. The van der Waals surface area contributed by atoms with Crippen molar-refractivity contribution in [3.63, 3.8) is 0 Å². The van der Waals surface area contributed by atoms with Crippen LogP contribution in [0.5, 0.6) is 0 Å². The number of halogens is 1. The highest BCUT2D eigenvalue weighted by Gasteiger charge is 2.15. The van der Waals surface area contributed by atoms with Crippen molar-refractivity contribution in [3.05, 3.63) is 29.8 Å². The smallest absolute Gasteiger partial charge is 0.00906 e. The van der Waals surface area contributed by atoms with Gasteiger partial charge in [0.25, 0.3) is 0 Å². The van der Waals surface area contributed by atoms with Crippen LogP contribution in [-0.2, 0) is 0 Å². The monoisotopic (exact) mass is 272 g/mol. The summed E-state index contributed by atoms with van der Waals surface area (Å²) in [6, 6.07) is 8.69. The molecule has 0 saturated carbocycles. The van der Waals surface area contributed by atoms with E-state index in [1.54, 1.807) is 0 Å². The van der Waals surface area contributed by atoms with Gasteiger partial charge in [0, 0.05) is 16.0 Å². The van der Waals surface area contributed by atoms with Crippen LogP contribution in [0.25, 0.3) is 0 Å². The molecule has 0 aliphatic heterocycles. The van der Waals surface area contributed by atoms with Crippen molar-refractivity contribution in [1.29, 1.82) is 0 Å². The molecule has 0 nitrogen and oxygen atoms in total. The highest BCUT2D eigenvalue weighted by Crippen LogP contribution is 2.29. The highest BCUT2D eigenvalue weighted by atomic mass is 79.9. The Morgan fingerprint density at radius 1 is 1.36 bits per heavy atom. The fraction of sp³-hybridized carbons (Fsp3) is 0.500. The first-order valence-electron chi connectivity index (χ1n) is 4.79. The zero-order chi connectivity index (χ0) is 10.6. The molecule has 0 spiro atoms. The van der Waals surface area contributed by atoms with E-state index in [4.69, 9.17) is 0 Å². The molecule has 0 aliphatic carbocycles. The second-order valence-corrected chi connectivity index (χ2v) is 6.01. The molecule has 2 heteroatoms. The van der Waals surface area contributed by atoms with E-state index in [9.17, 15) is 0 Å². The Kier molecular flexibility index (Phi) is 4.52. The second-order valence-electron chi connectivity index (χ2n) is 4.40. The number of alkyl halides is 1. The fourth-order valence-electron chi connectivity index (χ4n) is 1.02. The van der Waals surface area contributed by atoms with Crippen LogP contribution in [0.1, 0.15) is 19.4 Å². The largest absolute Gasteiger partial charge is 0.126 e. The van der Waals surface area contributed by atoms with Gasteiger partial charge in [0.15, 0.2) is 0 Å². The molecule has 1 aromatic carbocycles. The Hall–Kier alpha value is 0.0500. The third kappa shape index (κ3) is 4.05. The van der Waals surface area contributed by atoms with E-state index in [0.717, 1.165) is 11.1 Å². The van der Waals surface area contributed by atoms with Crippen LogP contribution < -0.4 is 0 Å². The molecule has 0 radical (unpaired) electrons. The quantitative estimate of drug-likeness (QED) is 0.574. The summed E-state index contributed by atoms with van der Waals surface area (Å²) in [6.07, 6.45) is 0. The fourth-order valence-corrected chi connectivity index (χ4v) is 2.59. The molecular formula is C12H17BrS. The molecule has 0 atom stereocenters. The lowest BCUT2D eigenvalue weighted by Gasteiger charge is -2.20. The average Bonchev–Trinajstić information content (AvgIpc) is 2.15. The topological polar surface area (TPSA) is 0 Å². The lowest BCUT2D eigenvalue weighted by molar-refractivity contribution is 0.496. The standard InChI is InChI=1S/C12H17BrS/c1-10-5-4-6-11(7-10)14-9-12(2,3)8-13/h4-7H,8-9H2,1-3H3. The molecule has 14 heavy (non-hydrogen) atoms. The number of hydrogen-bond donors (Lipinski definition) is 0. The molecule has 78 valence electrons. The highest BCUT2D eigenvalue weighted by molar-refractivity contribution is 9.09. The average molecular weight is 273 g/mol. The molecule has 0 N–H and O–H groups in total. The third-order valence-electron chi connectivity index (χ3n) is 1.98. The van der Waals surface area contributed by atoms with Crippen molar-refractivity contribution in [2.75, 3.05) is 11.1 Å². The van der Waals surface area contributed by atoms with Gasteiger partial charge >= 0.3 is 0 Å². The normalized spacial score (nSPS) is 11.7. The van der Waals surface area contributed by atoms with Crippen molar-refractivity contribution in [3.8, 4) is 0 Å². The van der Waals surface area contributed by atoms with Gasteiger partial charge in [-0.2, -0.15) is 0 Å². The summed E-state index contributed by atoms with van der Waals surface area (Å²) in [5.74, 6) is 1.15. The van der Waals surface area contributed by atoms with Gasteiger partial charge in [-0.3, -0.25) is 0 Å². The van der Waals surface area contributed by atoms with Crippen LogP contribution in [0.4, 0.5) is 0 Å². The summed E-state index contributed by atoms with van der Waals surface area (Å²) >= 11 is 5.48. The Bertz CT molecular complexity index is 294. The minimum absolute atomic E-state index is 0.369. The zero-order valence-electron chi connectivity index (χ0n) is 9.01. The lowest BCUT2D eigenvalue weighted by atomic mass is 10.0. The van der Waals surface area contributed by atoms with E-state index < -0.39 is 0 Å². The first-order valence-corrected chi connectivity index (χ1v) is 6.90. The predicted octanol–water partition coefficient (Wildman–Crippen LogP) is 4.51. The van der Waals surface area contributed by atoms with Crippen LogP contribution in [0.15, 0.2) is 29.2 Å². The van der Waals surface area contributed by atoms with Crippen molar-refractivity contribution < 1.29 is 0 Å². The van der Waals surface area contributed by atoms with Crippen LogP contribution in [0, 0.1) is 12.3 Å². The molecule has 0 fully saturated rings. The molecule has 1 rings (SSSR count). The van der Waals surface area contributed by atoms with E-state index in [2.05, 4.69) is 61.0 Å². The lowest BCUT2D eigenvalue weighted by Crippen LogP contribution is -2.15. The maximum absolute atomic E-state index is 3.55. The Labute approximate surface area is 99.6 Å². The third-order valence-corrected chi connectivity index (χ3v) is 5.01. The number of benzene rings is 1. The number of hydrogen-bond acceptors (Lipinski definition) is 1. The summed E-state index contributed by atoms with van der Waals surface area (Å²) < 4.78 is 0. The zero-order valence-corrected chi connectivity index (χ0v) is 11.4. The summed E-state index contributed by atoms with van der Waals surface area (Å²) in [4.78, 5) is 1.37. The molecule has 0 aromatic heterocycles. The van der Waals surface area contributed by atoms with E-state index in [-0.39, 0.29) is 0 Å². The van der Waals surface area contributed by atoms with E-state index >= 15 is 0 Å². The first kappa shape index (κ1) is 12.1. The molecule has 0 aliphatic rings. The van der Waals surface area contributed by atoms with Gasteiger partial charge in [-0.15, -0.1) is 11.8 Å². The van der Waals surface area contributed by atoms with Crippen molar-refractivity contribution in [1.82, 2.24) is 0 Å². The summed E-state index contributed by atoms with van der Waals surface area (Å²) in [5, 5.41) is 1.05. The molecule has 1 aromatic rings. The van der Waals surface area contributed by atoms with Gasteiger partial charge in [0.2, 0.25) is 0 Å². The van der Waals surface area contributed by atoms with Crippen molar-refractivity contribution >= 4 is 27.7 Å². The SMILES string of the molecule is Cc1cccc(SCC(C)(C)CBr)c1. The van der Waals surface area contributed by atoms with Crippen LogP contribution in [0.3, 0.4) is 0 Å². The van der Waals surface area contributed by atoms with Crippen LogP contribution in [-0.4, -0.2) is 11.1 Å². The number of thioether (sulfide) groups is 1. The number of aryl methyl sites for hydroxylation is 1. The summed E-state index contributed by atoms with van der Waals surface area (Å²) in [7, 11) is 0. The van der Waals surface area contributed by atoms with E-state index in [1.165, 1.54) is 10.5 Å². The molecule has 0 unspecified atom stereocenters. The Morgan fingerprint density at radius 2 is 2.07 bits per heavy atom. The maximum Gasteiger partial charge on any atom is 0.00906 e. The second kappa shape index (κ2) is 5.22. The van der Waals surface area contributed by atoms with Gasteiger partial charge in [-0.25, -0.2) is 0 Å². The predicted molar refractivity (Wildman–Crippen MR) is 69.5 cm³/mol. The minimum Gasteiger partial charge on any atom is -0.126 e. The van der Waals surface area contributed by atoms with Gasteiger partial charge < -0.3 is 0 Å². The van der Waals surface area contributed by atoms with Crippen molar-refractivity contribution in [2.24, 2.45) is 5.41 Å². The van der Waals surface area contributed by atoms with Crippen molar-refractivity contribution in [2.45, 2.75) is 25.7 Å². The minimum atomic E-state index is 0.369. The molecule has 0 heterocycles. The molecule has 0 saturated heterocycles. The Morgan fingerprint density at radius 3 is 2.64 bits per heavy atom. The van der Waals surface area contributed by atoms with E-state index in [1.807, 2.05) is 11.8 Å². The first-order chi connectivity index (χ1) is 6.53. The van der Waals surface area contributed by atoms with Gasteiger partial charge in [-0.1, -0.05) is 47.5 Å². The summed E-state index contributed by atoms with van der Waals surface area (Å²) in [6.45, 7) is 6.70. The van der Waals surface area contributed by atoms with Gasteiger partial charge in [0.05, 0.1) is 0 Å². The van der Waals surface area contributed by atoms with Crippen LogP contribution in [0.2, 0.25) is 0 Å². The van der Waals surface area contributed by atoms with Gasteiger partial charge in [-0.05, 0) is 24.5 Å². The maximum atomic E-state index is 3.55. The summed E-state index contributed by atoms with van der Waals surface area (Å²) in [5.41, 5.74) is 1.71. The van der Waals surface area contributed by atoms with Gasteiger partial charge in [0.1, 0.15) is 0 Å². The molecular weight excluding hydrogens is 256 g/mol. The molecule has 0 bridgehead atoms. The van der Waals surface area contributed by atoms with E-state index in [0.29, 0.717) is 5.41 Å². The van der Waals surface area contributed by atoms with Crippen LogP contribution >= 0.6 is 27.7 Å². The number of rotatable bonds is 4.